The van der Waals surface area contributed by atoms with Gasteiger partial charge in [-0.3, -0.25) is 0 Å². The number of ether oxygens (including phenoxy) is 2. The van der Waals surface area contributed by atoms with Crippen LogP contribution in [0.5, 0.6) is 11.5 Å². The highest BCUT2D eigenvalue weighted by atomic mass is 16.5. The quantitative estimate of drug-likeness (QED) is 0.618. The highest BCUT2D eigenvalue weighted by Crippen LogP contribution is 2.22. The third-order valence-corrected chi connectivity index (χ3v) is 5.12. The number of aromatic amines is 1. The smallest absolute Gasteiger partial charge is 0.154 e. The van der Waals surface area contributed by atoms with Crippen LogP contribution in [0.15, 0.2) is 48.5 Å². The van der Waals surface area contributed by atoms with Crippen LogP contribution in [0.3, 0.4) is 0 Å². The van der Waals surface area contributed by atoms with Gasteiger partial charge in [-0.25, -0.2) is 0 Å². The van der Waals surface area contributed by atoms with Gasteiger partial charge in [-0.05, 0) is 62.5 Å². The van der Waals surface area contributed by atoms with Gasteiger partial charge in [-0.15, -0.1) is 0 Å². The summed E-state index contributed by atoms with van der Waals surface area (Å²) in [5.74, 6) is 2.43. The first-order valence-corrected chi connectivity index (χ1v) is 9.71. The Morgan fingerprint density at radius 1 is 0.963 bits per heavy atom. The van der Waals surface area contributed by atoms with Crippen LogP contribution >= 0.6 is 0 Å². The van der Waals surface area contributed by atoms with Crippen molar-refractivity contribution < 1.29 is 9.47 Å². The summed E-state index contributed by atoms with van der Waals surface area (Å²) in [5.41, 5.74) is 1.64. The van der Waals surface area contributed by atoms with E-state index in [0.717, 1.165) is 55.2 Å². The van der Waals surface area contributed by atoms with E-state index in [1.54, 1.807) is 0 Å². The zero-order valence-electron chi connectivity index (χ0n) is 15.5. The first-order chi connectivity index (χ1) is 13.4. The van der Waals surface area contributed by atoms with E-state index in [0.29, 0.717) is 12.5 Å². The van der Waals surface area contributed by atoms with E-state index < -0.39 is 0 Å². The van der Waals surface area contributed by atoms with E-state index in [9.17, 15) is 0 Å². The van der Waals surface area contributed by atoms with Gasteiger partial charge in [0.15, 0.2) is 5.52 Å². The summed E-state index contributed by atoms with van der Waals surface area (Å²) in [7, 11) is 0. The summed E-state index contributed by atoms with van der Waals surface area (Å²) in [6.07, 6.45) is 3.41. The topological polar surface area (TPSA) is 63.3 Å². The molecule has 0 bridgehead atoms. The van der Waals surface area contributed by atoms with Crippen molar-refractivity contribution in [1.29, 1.82) is 0 Å². The van der Waals surface area contributed by atoms with Crippen LogP contribution in [0.4, 0.5) is 0 Å². The zero-order valence-corrected chi connectivity index (χ0v) is 15.5. The lowest BCUT2D eigenvalue weighted by Crippen LogP contribution is -2.36. The van der Waals surface area contributed by atoms with Gasteiger partial charge < -0.3 is 14.4 Å². The molecule has 0 saturated carbocycles. The molecule has 1 N–H and O–H groups in total. The summed E-state index contributed by atoms with van der Waals surface area (Å²) in [4.78, 5) is 2.53. The van der Waals surface area contributed by atoms with E-state index in [1.165, 1.54) is 12.8 Å². The van der Waals surface area contributed by atoms with Crippen molar-refractivity contribution >= 4 is 11.0 Å². The third kappa shape index (κ3) is 4.77. The predicted molar refractivity (Wildman–Crippen MR) is 105 cm³/mol. The normalized spacial score (nSPS) is 15.9. The van der Waals surface area contributed by atoms with Gasteiger partial charge in [0.25, 0.3) is 0 Å². The largest absolute Gasteiger partial charge is 0.493 e. The Morgan fingerprint density at radius 3 is 2.67 bits per heavy atom. The summed E-state index contributed by atoms with van der Waals surface area (Å²) < 4.78 is 11.8. The summed E-state index contributed by atoms with van der Waals surface area (Å²) in [6.45, 7) is 4.87. The van der Waals surface area contributed by atoms with Crippen molar-refractivity contribution in [3.8, 4) is 11.5 Å². The van der Waals surface area contributed by atoms with E-state index in [1.807, 2.05) is 48.5 Å². The average molecular weight is 366 g/mol. The number of aromatic nitrogens is 3. The number of likely N-dealkylation sites (tertiary alicyclic amines) is 1. The Labute approximate surface area is 159 Å². The number of benzene rings is 2. The molecule has 0 aliphatic carbocycles. The Morgan fingerprint density at radius 2 is 1.81 bits per heavy atom. The molecule has 4 rings (SSSR count). The molecule has 0 amide bonds. The zero-order chi connectivity index (χ0) is 18.3. The highest BCUT2D eigenvalue weighted by Gasteiger charge is 2.19. The van der Waals surface area contributed by atoms with Crippen LogP contribution in [0.1, 0.15) is 19.3 Å². The number of hydrogen-bond acceptors (Lipinski definition) is 5. The minimum atomic E-state index is 0.655. The molecule has 0 unspecified atom stereocenters. The Hall–Kier alpha value is -2.60. The number of H-pyrrole nitrogens is 1. The van der Waals surface area contributed by atoms with Crippen LogP contribution in [0.25, 0.3) is 11.0 Å². The minimum absolute atomic E-state index is 0.655. The molecule has 6 heteroatoms. The van der Waals surface area contributed by atoms with E-state index in [4.69, 9.17) is 9.47 Å². The number of hydrogen-bond donors (Lipinski definition) is 1. The first-order valence-electron chi connectivity index (χ1n) is 9.71. The summed E-state index contributed by atoms with van der Waals surface area (Å²) >= 11 is 0. The summed E-state index contributed by atoms with van der Waals surface area (Å²) in [6, 6.07) is 15.9. The second kappa shape index (κ2) is 8.86. The molecule has 1 fully saturated rings. The van der Waals surface area contributed by atoms with Gasteiger partial charge in [-0.1, -0.05) is 24.3 Å². The Kier molecular flexibility index (Phi) is 5.84. The maximum Gasteiger partial charge on any atom is 0.154 e. The molecule has 3 aromatic rings. The van der Waals surface area contributed by atoms with Gasteiger partial charge in [0.05, 0.1) is 13.2 Å². The average Bonchev–Trinajstić information content (AvgIpc) is 3.21. The Balaban J connectivity index is 1.13. The second-order valence-corrected chi connectivity index (χ2v) is 7.06. The number of piperidine rings is 1. The maximum atomic E-state index is 5.91. The molecule has 1 aliphatic rings. The van der Waals surface area contributed by atoms with Crippen LogP contribution in [0, 0.1) is 5.92 Å². The second-order valence-electron chi connectivity index (χ2n) is 7.06. The number of nitrogens with one attached hydrogen (secondary N) is 1. The predicted octanol–water partition coefficient (Wildman–Crippen LogP) is 3.52. The number of fused-ring (bicyclic) bond motifs is 1. The molecule has 1 aliphatic heterocycles. The van der Waals surface area contributed by atoms with Crippen molar-refractivity contribution in [1.82, 2.24) is 20.3 Å². The lowest BCUT2D eigenvalue weighted by Gasteiger charge is -2.31. The van der Waals surface area contributed by atoms with Gasteiger partial charge in [0.1, 0.15) is 17.0 Å². The van der Waals surface area contributed by atoms with Crippen LogP contribution in [-0.2, 0) is 0 Å². The van der Waals surface area contributed by atoms with Gasteiger partial charge in [0.2, 0.25) is 0 Å². The van der Waals surface area contributed by atoms with E-state index >= 15 is 0 Å². The van der Waals surface area contributed by atoms with Crippen molar-refractivity contribution in [2.75, 3.05) is 32.8 Å². The van der Waals surface area contributed by atoms with Crippen molar-refractivity contribution in [2.45, 2.75) is 19.3 Å². The number of nitrogens with zero attached hydrogens (tertiary/aromatic N) is 3. The third-order valence-electron chi connectivity index (χ3n) is 5.12. The van der Waals surface area contributed by atoms with E-state index in [2.05, 4.69) is 20.3 Å². The van der Waals surface area contributed by atoms with Gasteiger partial charge >= 0.3 is 0 Å². The Bertz CT molecular complexity index is 828. The van der Waals surface area contributed by atoms with Gasteiger partial charge in [-0.2, -0.15) is 15.4 Å². The molecular weight excluding hydrogens is 340 g/mol. The molecular formula is C21H26N4O2. The summed E-state index contributed by atoms with van der Waals surface area (Å²) in [5, 5.41) is 10.9. The highest BCUT2D eigenvalue weighted by molar-refractivity contribution is 5.80. The van der Waals surface area contributed by atoms with Crippen LogP contribution in [-0.4, -0.2) is 53.2 Å². The fraction of sp³-hybridized carbons (Fsp3) is 0.429. The van der Waals surface area contributed by atoms with Crippen LogP contribution < -0.4 is 9.47 Å². The number of para-hydroxylation sites is 2. The van der Waals surface area contributed by atoms with Gasteiger partial charge in [0, 0.05) is 6.54 Å². The van der Waals surface area contributed by atoms with Crippen molar-refractivity contribution in [3.63, 3.8) is 0 Å². The molecule has 27 heavy (non-hydrogen) atoms. The molecule has 142 valence electrons. The molecule has 0 radical (unpaired) electrons. The molecule has 1 saturated heterocycles. The van der Waals surface area contributed by atoms with Crippen LogP contribution in [0.2, 0.25) is 0 Å². The van der Waals surface area contributed by atoms with Crippen molar-refractivity contribution in [2.24, 2.45) is 5.92 Å². The first kappa shape index (κ1) is 17.8. The molecule has 0 spiro atoms. The van der Waals surface area contributed by atoms with E-state index in [-0.39, 0.29) is 0 Å². The van der Waals surface area contributed by atoms with Crippen molar-refractivity contribution in [3.05, 3.63) is 48.5 Å². The fourth-order valence-corrected chi connectivity index (χ4v) is 3.54. The molecule has 6 nitrogen and oxygen atoms in total. The fourth-order valence-electron chi connectivity index (χ4n) is 3.54. The maximum absolute atomic E-state index is 5.91. The lowest BCUT2D eigenvalue weighted by atomic mass is 9.98. The lowest BCUT2D eigenvalue weighted by molar-refractivity contribution is 0.135. The molecule has 2 aromatic carbocycles. The molecule has 0 atom stereocenters. The minimum Gasteiger partial charge on any atom is -0.493 e. The standard InChI is InChI=1S/C21H26N4O2/c1-2-6-18(7-3-1)27-16-17-10-13-25(14-11-17)12-5-15-26-20-9-4-8-19-21(20)23-24-22-19/h1-4,6-9,17H,5,10-16H2,(H,22,23,24). The number of rotatable bonds is 8. The molecule has 1 aromatic heterocycles. The molecule has 2 heterocycles. The monoisotopic (exact) mass is 366 g/mol. The SMILES string of the molecule is c1ccc(OCC2CCN(CCCOc3cccc4n[nH]nc34)CC2)cc1.